The van der Waals surface area contributed by atoms with E-state index >= 15 is 0 Å². The molecule has 0 N–H and O–H groups in total. The molecule has 2 aromatic carbocycles. The van der Waals surface area contributed by atoms with Gasteiger partial charge in [0.05, 0.1) is 15.5 Å². The summed E-state index contributed by atoms with van der Waals surface area (Å²) in [4.78, 5) is 14.7. The topological polar surface area (TPSA) is 57.7 Å². The summed E-state index contributed by atoms with van der Waals surface area (Å²) >= 11 is 6.18. The van der Waals surface area contributed by atoms with Crippen LogP contribution in [0.3, 0.4) is 0 Å². The SMILES string of the molecule is CN(C)S(=O)(=O)c1ccc(Cl)c(C(=O)N2CCc3ccccc3C2)c1. The third-order valence-electron chi connectivity index (χ3n) is 4.36. The summed E-state index contributed by atoms with van der Waals surface area (Å²) in [6.45, 7) is 1.08. The Bertz CT molecular complexity index is 926. The number of halogens is 1. The monoisotopic (exact) mass is 378 g/mol. The third-order valence-corrected chi connectivity index (χ3v) is 6.51. The predicted octanol–water partition coefficient (Wildman–Crippen LogP) is 2.79. The first kappa shape index (κ1) is 17.9. The highest BCUT2D eigenvalue weighted by molar-refractivity contribution is 7.89. The van der Waals surface area contributed by atoms with Crippen LogP contribution < -0.4 is 0 Å². The maximum absolute atomic E-state index is 12.9. The highest BCUT2D eigenvalue weighted by Gasteiger charge is 2.25. The molecule has 7 heteroatoms. The number of rotatable bonds is 3. The van der Waals surface area contributed by atoms with Gasteiger partial charge in [0.2, 0.25) is 10.0 Å². The van der Waals surface area contributed by atoms with Gasteiger partial charge in [-0.3, -0.25) is 4.79 Å². The molecule has 1 aliphatic heterocycles. The van der Waals surface area contributed by atoms with Crippen LogP contribution in [-0.4, -0.2) is 44.2 Å². The van der Waals surface area contributed by atoms with Gasteiger partial charge in [-0.1, -0.05) is 35.9 Å². The van der Waals surface area contributed by atoms with Crippen molar-refractivity contribution in [2.45, 2.75) is 17.9 Å². The summed E-state index contributed by atoms with van der Waals surface area (Å²) in [7, 11) is -0.722. The lowest BCUT2D eigenvalue weighted by atomic mass is 9.99. The van der Waals surface area contributed by atoms with Crippen LogP contribution in [0.1, 0.15) is 21.5 Å². The van der Waals surface area contributed by atoms with E-state index in [0.717, 1.165) is 16.3 Å². The largest absolute Gasteiger partial charge is 0.334 e. The Morgan fingerprint density at radius 3 is 2.48 bits per heavy atom. The van der Waals surface area contributed by atoms with Crippen molar-refractivity contribution in [3.05, 3.63) is 64.2 Å². The van der Waals surface area contributed by atoms with Crippen LogP contribution in [0.2, 0.25) is 5.02 Å². The fourth-order valence-electron chi connectivity index (χ4n) is 2.88. The smallest absolute Gasteiger partial charge is 0.255 e. The molecule has 0 bridgehead atoms. The van der Waals surface area contributed by atoms with E-state index in [1.807, 2.05) is 18.2 Å². The Morgan fingerprint density at radius 2 is 1.80 bits per heavy atom. The van der Waals surface area contributed by atoms with E-state index in [9.17, 15) is 13.2 Å². The van der Waals surface area contributed by atoms with Gasteiger partial charge in [-0.25, -0.2) is 12.7 Å². The van der Waals surface area contributed by atoms with Crippen LogP contribution in [0, 0.1) is 0 Å². The van der Waals surface area contributed by atoms with Crippen LogP contribution in [0.4, 0.5) is 0 Å². The van der Waals surface area contributed by atoms with Crippen molar-refractivity contribution in [3.8, 4) is 0 Å². The molecule has 0 saturated carbocycles. The zero-order valence-corrected chi connectivity index (χ0v) is 15.6. The van der Waals surface area contributed by atoms with E-state index in [1.54, 1.807) is 4.90 Å². The van der Waals surface area contributed by atoms with Gasteiger partial charge >= 0.3 is 0 Å². The zero-order chi connectivity index (χ0) is 18.2. The predicted molar refractivity (Wildman–Crippen MR) is 97.2 cm³/mol. The molecule has 0 saturated heterocycles. The van der Waals surface area contributed by atoms with Gasteiger partial charge < -0.3 is 4.90 Å². The van der Waals surface area contributed by atoms with Crippen molar-refractivity contribution in [2.75, 3.05) is 20.6 Å². The van der Waals surface area contributed by atoms with Crippen LogP contribution in [0.25, 0.3) is 0 Å². The van der Waals surface area contributed by atoms with Crippen molar-refractivity contribution in [3.63, 3.8) is 0 Å². The molecule has 0 aromatic heterocycles. The average Bonchev–Trinajstić information content (AvgIpc) is 2.60. The third kappa shape index (κ3) is 3.42. The number of carbonyl (C=O) groups excluding carboxylic acids is 1. The summed E-state index contributed by atoms with van der Waals surface area (Å²) in [5.74, 6) is -0.254. The average molecular weight is 379 g/mol. The standard InChI is InChI=1S/C18H19ClN2O3S/c1-20(2)25(23,24)15-7-8-17(19)16(11-15)18(22)21-10-9-13-5-3-4-6-14(13)12-21/h3-8,11H,9-10,12H2,1-2H3. The zero-order valence-electron chi connectivity index (χ0n) is 14.1. The molecule has 2 aromatic rings. The first-order valence-electron chi connectivity index (χ1n) is 7.89. The van der Waals surface area contributed by atoms with E-state index in [4.69, 9.17) is 11.6 Å². The van der Waals surface area contributed by atoms with E-state index in [-0.39, 0.29) is 21.4 Å². The lowest BCUT2D eigenvalue weighted by Gasteiger charge is -2.29. The number of fused-ring (bicyclic) bond motifs is 1. The molecular formula is C18H19ClN2O3S. The van der Waals surface area contributed by atoms with E-state index in [2.05, 4.69) is 6.07 Å². The first-order chi connectivity index (χ1) is 11.8. The number of hydrogen-bond acceptors (Lipinski definition) is 3. The lowest BCUT2D eigenvalue weighted by Crippen LogP contribution is -2.36. The van der Waals surface area contributed by atoms with Gasteiger partial charge in [-0.2, -0.15) is 0 Å². The number of amides is 1. The molecule has 3 rings (SSSR count). The lowest BCUT2D eigenvalue weighted by molar-refractivity contribution is 0.0734. The second-order valence-electron chi connectivity index (χ2n) is 6.17. The number of hydrogen-bond donors (Lipinski definition) is 0. The summed E-state index contributed by atoms with van der Waals surface area (Å²) in [6, 6.07) is 12.2. The molecule has 5 nitrogen and oxygen atoms in total. The highest BCUT2D eigenvalue weighted by atomic mass is 35.5. The fourth-order valence-corrected chi connectivity index (χ4v) is 4.01. The van der Waals surface area contributed by atoms with Gasteiger partial charge in [-0.15, -0.1) is 0 Å². The number of carbonyl (C=O) groups is 1. The molecule has 0 radical (unpaired) electrons. The van der Waals surface area contributed by atoms with Crippen molar-refractivity contribution in [1.82, 2.24) is 9.21 Å². The maximum atomic E-state index is 12.9. The Hall–Kier alpha value is -1.89. The molecule has 0 fully saturated rings. The summed E-state index contributed by atoms with van der Waals surface area (Å²) in [5.41, 5.74) is 2.56. The van der Waals surface area contributed by atoms with Crippen molar-refractivity contribution < 1.29 is 13.2 Å². The van der Waals surface area contributed by atoms with Crippen molar-refractivity contribution in [1.29, 1.82) is 0 Å². The molecule has 0 aliphatic carbocycles. The molecule has 1 amide bonds. The second kappa shape index (κ2) is 6.78. The number of benzene rings is 2. The summed E-state index contributed by atoms with van der Waals surface area (Å²) in [5, 5.41) is 0.251. The van der Waals surface area contributed by atoms with Crippen LogP contribution in [-0.2, 0) is 23.0 Å². The Balaban J connectivity index is 1.93. The molecule has 0 spiro atoms. The highest BCUT2D eigenvalue weighted by Crippen LogP contribution is 2.26. The quantitative estimate of drug-likeness (QED) is 0.825. The van der Waals surface area contributed by atoms with Gasteiger partial charge in [0.1, 0.15) is 0 Å². The minimum atomic E-state index is -3.63. The Kier molecular flexibility index (Phi) is 4.86. The Morgan fingerprint density at radius 1 is 1.12 bits per heavy atom. The normalized spacial score (nSPS) is 14.5. The maximum Gasteiger partial charge on any atom is 0.255 e. The van der Waals surface area contributed by atoms with Crippen LogP contribution >= 0.6 is 11.6 Å². The van der Waals surface area contributed by atoms with Crippen molar-refractivity contribution >= 4 is 27.5 Å². The molecule has 1 heterocycles. The van der Waals surface area contributed by atoms with Crippen molar-refractivity contribution in [2.24, 2.45) is 0 Å². The fraction of sp³-hybridized carbons (Fsp3) is 0.278. The molecule has 0 unspecified atom stereocenters. The van der Waals surface area contributed by atoms with Crippen LogP contribution in [0.15, 0.2) is 47.4 Å². The van der Waals surface area contributed by atoms with E-state index in [0.29, 0.717) is 13.1 Å². The molecule has 132 valence electrons. The van der Waals surface area contributed by atoms with Gasteiger partial charge in [-0.05, 0) is 35.7 Å². The molecule has 0 atom stereocenters. The molecule has 25 heavy (non-hydrogen) atoms. The minimum absolute atomic E-state index is 0.0580. The summed E-state index contributed by atoms with van der Waals surface area (Å²) < 4.78 is 25.7. The van der Waals surface area contributed by atoms with E-state index in [1.165, 1.54) is 37.9 Å². The first-order valence-corrected chi connectivity index (χ1v) is 9.70. The van der Waals surface area contributed by atoms with Gasteiger partial charge in [0.15, 0.2) is 0 Å². The van der Waals surface area contributed by atoms with Gasteiger partial charge in [0, 0.05) is 27.2 Å². The molecular weight excluding hydrogens is 360 g/mol. The minimum Gasteiger partial charge on any atom is -0.334 e. The summed E-state index contributed by atoms with van der Waals surface area (Å²) in [6.07, 6.45) is 0.773. The van der Waals surface area contributed by atoms with Gasteiger partial charge in [0.25, 0.3) is 5.91 Å². The molecule has 1 aliphatic rings. The van der Waals surface area contributed by atoms with Crippen LogP contribution in [0.5, 0.6) is 0 Å². The second-order valence-corrected chi connectivity index (χ2v) is 8.73. The number of nitrogens with zero attached hydrogens (tertiary/aromatic N) is 2. The Labute approximate surface area is 152 Å². The van der Waals surface area contributed by atoms with E-state index < -0.39 is 10.0 Å². The number of sulfonamides is 1.